The number of methoxy groups -OCH3 is 1. The van der Waals surface area contributed by atoms with Crippen molar-refractivity contribution in [2.75, 3.05) is 25.3 Å². The average molecular weight is 275 g/mol. The Morgan fingerprint density at radius 2 is 2.40 bits per heavy atom. The van der Waals surface area contributed by atoms with E-state index in [0.29, 0.717) is 30.2 Å². The molecule has 0 amide bonds. The Morgan fingerprint density at radius 1 is 1.60 bits per heavy atom. The van der Waals surface area contributed by atoms with Gasteiger partial charge in [-0.2, -0.15) is 5.10 Å². The van der Waals surface area contributed by atoms with Gasteiger partial charge >= 0.3 is 0 Å². The van der Waals surface area contributed by atoms with Gasteiger partial charge in [0, 0.05) is 25.1 Å². The van der Waals surface area contributed by atoms with E-state index in [0.717, 1.165) is 5.69 Å². The quantitative estimate of drug-likeness (QED) is 0.437. The number of fused-ring (bicyclic) bond motifs is 1. The largest absolute Gasteiger partial charge is 0.383 e. The molecular formula is C12H17N7O. The number of nitrogens with zero attached hydrogens (tertiary/aromatic N) is 5. The van der Waals surface area contributed by atoms with Crippen LogP contribution in [0.5, 0.6) is 0 Å². The van der Waals surface area contributed by atoms with Crippen LogP contribution in [-0.2, 0) is 4.74 Å². The molecule has 2 aromatic heterocycles. The molecule has 0 aliphatic carbocycles. The summed E-state index contributed by atoms with van der Waals surface area (Å²) in [6, 6.07) is 0. The number of hydrazine groups is 1. The zero-order valence-corrected chi connectivity index (χ0v) is 11.2. The Labute approximate surface area is 116 Å². The van der Waals surface area contributed by atoms with Crippen LogP contribution in [0.3, 0.4) is 0 Å². The van der Waals surface area contributed by atoms with Crippen molar-refractivity contribution in [3.63, 3.8) is 0 Å². The van der Waals surface area contributed by atoms with Crippen LogP contribution in [0.15, 0.2) is 30.3 Å². The fraction of sp³-hybridized carbons (Fsp3) is 0.250. The van der Waals surface area contributed by atoms with E-state index in [2.05, 4.69) is 21.6 Å². The second kappa shape index (κ2) is 6.13. The molecule has 2 rings (SSSR count). The molecule has 4 N–H and O–H groups in total. The Balaban J connectivity index is 2.42. The van der Waals surface area contributed by atoms with Crippen molar-refractivity contribution >= 4 is 23.3 Å². The van der Waals surface area contributed by atoms with Gasteiger partial charge in [0.25, 0.3) is 0 Å². The van der Waals surface area contributed by atoms with Gasteiger partial charge < -0.3 is 10.6 Å². The van der Waals surface area contributed by atoms with E-state index in [-0.39, 0.29) is 0 Å². The molecule has 0 spiro atoms. The van der Waals surface area contributed by atoms with Crippen LogP contribution < -0.4 is 16.7 Å². The molecule has 20 heavy (non-hydrogen) atoms. The topological polar surface area (TPSA) is 107 Å². The first-order chi connectivity index (χ1) is 9.69. The molecule has 0 bridgehead atoms. The van der Waals surface area contributed by atoms with Crippen molar-refractivity contribution < 1.29 is 4.74 Å². The van der Waals surface area contributed by atoms with E-state index in [9.17, 15) is 0 Å². The first-order valence-corrected chi connectivity index (χ1v) is 5.94. The normalized spacial score (nSPS) is 11.3. The number of rotatable bonds is 6. The van der Waals surface area contributed by atoms with E-state index < -0.39 is 0 Å². The number of allylic oxidation sites excluding steroid dienone is 1. The average Bonchev–Trinajstić information content (AvgIpc) is 2.88. The summed E-state index contributed by atoms with van der Waals surface area (Å²) in [6.07, 6.45) is 6.57. The van der Waals surface area contributed by atoms with Gasteiger partial charge in [0.1, 0.15) is 0 Å². The fourth-order valence-corrected chi connectivity index (χ4v) is 1.80. The molecule has 0 saturated heterocycles. The number of anilines is 1. The van der Waals surface area contributed by atoms with Gasteiger partial charge in [-0.1, -0.05) is 6.58 Å². The zero-order chi connectivity index (χ0) is 14.5. The first kappa shape index (κ1) is 14.0. The lowest BCUT2D eigenvalue weighted by molar-refractivity contribution is 0.205. The minimum absolute atomic E-state index is 0.499. The third-order valence-electron chi connectivity index (χ3n) is 2.78. The number of hydrogen-bond acceptors (Lipinski definition) is 7. The number of ether oxygens (including phenoxy) is 1. The van der Waals surface area contributed by atoms with Crippen LogP contribution in [0.1, 0.15) is 5.69 Å². The second-order valence-corrected chi connectivity index (χ2v) is 4.08. The molecule has 2 aromatic rings. The highest BCUT2D eigenvalue weighted by Gasteiger charge is 2.13. The standard InChI is InChI=1S/C12H17N7O/c1-9(7-17-13)10-8-16-11-12(15-3-4-18(10)11)19(14)5-6-20-2/h3-4,7-8H,1,5-6,13-14H2,2H3. The van der Waals surface area contributed by atoms with Gasteiger partial charge in [-0.05, 0) is 0 Å². The van der Waals surface area contributed by atoms with E-state index in [1.807, 2.05) is 4.40 Å². The second-order valence-electron chi connectivity index (χ2n) is 4.08. The smallest absolute Gasteiger partial charge is 0.187 e. The summed E-state index contributed by atoms with van der Waals surface area (Å²) < 4.78 is 6.83. The number of hydrazone groups is 1. The van der Waals surface area contributed by atoms with Crippen molar-refractivity contribution in [1.29, 1.82) is 0 Å². The molecule has 0 aliphatic heterocycles. The first-order valence-electron chi connectivity index (χ1n) is 5.94. The van der Waals surface area contributed by atoms with Gasteiger partial charge in [0.2, 0.25) is 0 Å². The van der Waals surface area contributed by atoms with E-state index in [1.54, 1.807) is 25.7 Å². The maximum atomic E-state index is 5.96. The van der Waals surface area contributed by atoms with E-state index >= 15 is 0 Å². The number of imidazole rings is 1. The predicted molar refractivity (Wildman–Crippen MR) is 78.1 cm³/mol. The van der Waals surface area contributed by atoms with Crippen LogP contribution in [0.25, 0.3) is 11.2 Å². The van der Waals surface area contributed by atoms with Crippen molar-refractivity contribution in [1.82, 2.24) is 14.4 Å². The molecular weight excluding hydrogens is 258 g/mol. The molecule has 0 aliphatic rings. The van der Waals surface area contributed by atoms with Crippen molar-refractivity contribution in [3.05, 3.63) is 30.9 Å². The van der Waals surface area contributed by atoms with Crippen molar-refractivity contribution in [2.45, 2.75) is 0 Å². The third-order valence-corrected chi connectivity index (χ3v) is 2.78. The minimum atomic E-state index is 0.499. The maximum Gasteiger partial charge on any atom is 0.187 e. The molecule has 0 atom stereocenters. The lowest BCUT2D eigenvalue weighted by Gasteiger charge is -2.17. The SMILES string of the molecule is C=C(C=NN)c1cnc2c(N(N)CCOC)nccn12. The lowest BCUT2D eigenvalue weighted by Crippen LogP contribution is -2.35. The number of aromatic nitrogens is 3. The molecule has 106 valence electrons. The molecule has 0 unspecified atom stereocenters. The summed E-state index contributed by atoms with van der Waals surface area (Å²) >= 11 is 0. The summed E-state index contributed by atoms with van der Waals surface area (Å²) in [5.74, 6) is 11.7. The minimum Gasteiger partial charge on any atom is -0.383 e. The summed E-state index contributed by atoms with van der Waals surface area (Å²) in [4.78, 5) is 8.58. The molecule has 0 aromatic carbocycles. The maximum absolute atomic E-state index is 5.96. The summed E-state index contributed by atoms with van der Waals surface area (Å²) in [5, 5.41) is 4.96. The van der Waals surface area contributed by atoms with E-state index in [4.69, 9.17) is 16.4 Å². The fourth-order valence-electron chi connectivity index (χ4n) is 1.80. The highest BCUT2D eigenvalue weighted by molar-refractivity contribution is 6.08. The Kier molecular flexibility index (Phi) is 4.28. The zero-order valence-electron chi connectivity index (χ0n) is 11.2. The highest BCUT2D eigenvalue weighted by atomic mass is 16.5. The summed E-state index contributed by atoms with van der Waals surface area (Å²) in [5.41, 5.74) is 2.06. The van der Waals surface area contributed by atoms with Crippen LogP contribution in [0.2, 0.25) is 0 Å². The molecule has 8 nitrogen and oxygen atoms in total. The van der Waals surface area contributed by atoms with Gasteiger partial charge in [-0.3, -0.25) is 9.41 Å². The van der Waals surface area contributed by atoms with Crippen LogP contribution in [0, 0.1) is 0 Å². The third kappa shape index (κ3) is 2.60. The van der Waals surface area contributed by atoms with Crippen LogP contribution in [-0.4, -0.2) is 40.8 Å². The molecule has 0 radical (unpaired) electrons. The molecule has 0 saturated carbocycles. The monoisotopic (exact) mass is 275 g/mol. The molecule has 8 heteroatoms. The van der Waals surface area contributed by atoms with Gasteiger partial charge in [-0.25, -0.2) is 15.8 Å². The van der Waals surface area contributed by atoms with Gasteiger partial charge in [0.05, 0.1) is 31.3 Å². The number of nitrogens with two attached hydrogens (primary N) is 2. The van der Waals surface area contributed by atoms with Gasteiger partial charge in [-0.15, -0.1) is 0 Å². The highest BCUT2D eigenvalue weighted by Crippen LogP contribution is 2.19. The van der Waals surface area contributed by atoms with Crippen molar-refractivity contribution in [3.8, 4) is 0 Å². The van der Waals surface area contributed by atoms with Crippen molar-refractivity contribution in [2.24, 2.45) is 16.8 Å². The molecule has 0 fully saturated rings. The summed E-state index contributed by atoms with van der Waals surface area (Å²) in [6.45, 7) is 4.90. The van der Waals surface area contributed by atoms with Crippen LogP contribution in [0.4, 0.5) is 5.82 Å². The Bertz CT molecular complexity index is 634. The summed E-state index contributed by atoms with van der Waals surface area (Å²) in [7, 11) is 1.62. The Morgan fingerprint density at radius 3 is 3.10 bits per heavy atom. The van der Waals surface area contributed by atoms with E-state index in [1.165, 1.54) is 11.2 Å². The molecule has 2 heterocycles. The number of hydrogen-bond donors (Lipinski definition) is 2. The Hall–Kier alpha value is -2.45. The van der Waals surface area contributed by atoms with Gasteiger partial charge in [0.15, 0.2) is 11.5 Å². The van der Waals surface area contributed by atoms with Crippen LogP contribution >= 0.6 is 0 Å². The predicted octanol–water partition coefficient (Wildman–Crippen LogP) is 0.0135. The lowest BCUT2D eigenvalue weighted by atomic mass is 10.2.